The molecule has 1 atom stereocenters. The van der Waals surface area contributed by atoms with Crippen molar-refractivity contribution in [3.8, 4) is 0 Å². The molecule has 100 valence electrons. The van der Waals surface area contributed by atoms with Gasteiger partial charge in [0.05, 0.1) is 23.5 Å². The van der Waals surface area contributed by atoms with Gasteiger partial charge in [-0.05, 0) is 31.0 Å². The average Bonchev–Trinajstić information content (AvgIpc) is 3.06. The summed E-state index contributed by atoms with van der Waals surface area (Å²) in [4.78, 5) is 16.3. The summed E-state index contributed by atoms with van der Waals surface area (Å²) < 4.78 is 7.42. The molecule has 5 heteroatoms. The smallest absolute Gasteiger partial charge is 0.251 e. The van der Waals surface area contributed by atoms with Crippen LogP contribution in [-0.2, 0) is 11.8 Å². The van der Waals surface area contributed by atoms with Crippen molar-refractivity contribution in [3.05, 3.63) is 30.1 Å². The van der Waals surface area contributed by atoms with Gasteiger partial charge in [-0.25, -0.2) is 4.98 Å². The standard InChI is InChI=1S/C14H17N3O2/c1-17-9-16-12-7-10(4-5-13(12)17)14(18)15-8-11-3-2-6-19-11/h4-5,7,9,11H,2-3,6,8H2,1H3,(H,15,18)/t11-/m0/s1. The zero-order chi connectivity index (χ0) is 13.2. The Bertz CT molecular complexity index is 600. The van der Waals surface area contributed by atoms with E-state index in [1.165, 1.54) is 0 Å². The summed E-state index contributed by atoms with van der Waals surface area (Å²) in [5.41, 5.74) is 2.51. The second-order valence-electron chi connectivity index (χ2n) is 4.90. The van der Waals surface area contributed by atoms with Crippen molar-refractivity contribution < 1.29 is 9.53 Å². The molecule has 1 amide bonds. The number of aromatic nitrogens is 2. The van der Waals surface area contributed by atoms with Crippen LogP contribution in [0.5, 0.6) is 0 Å². The monoisotopic (exact) mass is 259 g/mol. The maximum Gasteiger partial charge on any atom is 0.251 e. The molecule has 1 fully saturated rings. The van der Waals surface area contributed by atoms with Crippen molar-refractivity contribution in [3.63, 3.8) is 0 Å². The molecule has 0 unspecified atom stereocenters. The minimum atomic E-state index is -0.0666. The minimum Gasteiger partial charge on any atom is -0.376 e. The van der Waals surface area contributed by atoms with E-state index in [1.54, 1.807) is 6.33 Å². The van der Waals surface area contributed by atoms with Crippen molar-refractivity contribution >= 4 is 16.9 Å². The van der Waals surface area contributed by atoms with Crippen LogP contribution >= 0.6 is 0 Å². The Kier molecular flexibility index (Phi) is 3.21. The summed E-state index contributed by atoms with van der Waals surface area (Å²) in [5, 5.41) is 2.91. The van der Waals surface area contributed by atoms with Crippen LogP contribution in [-0.4, -0.2) is 34.7 Å². The lowest BCUT2D eigenvalue weighted by Gasteiger charge is -2.10. The second-order valence-corrected chi connectivity index (χ2v) is 4.90. The van der Waals surface area contributed by atoms with Crippen LogP contribution < -0.4 is 5.32 Å². The van der Waals surface area contributed by atoms with E-state index in [-0.39, 0.29) is 12.0 Å². The topological polar surface area (TPSA) is 56.2 Å². The first kappa shape index (κ1) is 12.2. The zero-order valence-corrected chi connectivity index (χ0v) is 10.9. The molecule has 2 aromatic rings. The molecule has 0 aliphatic carbocycles. The summed E-state index contributed by atoms with van der Waals surface area (Å²) in [7, 11) is 1.94. The molecule has 0 bridgehead atoms. The summed E-state index contributed by atoms with van der Waals surface area (Å²) >= 11 is 0. The quantitative estimate of drug-likeness (QED) is 0.908. The summed E-state index contributed by atoms with van der Waals surface area (Å²) in [6, 6.07) is 5.57. The van der Waals surface area contributed by atoms with Crippen LogP contribution in [0.1, 0.15) is 23.2 Å². The van der Waals surface area contributed by atoms with Gasteiger partial charge < -0.3 is 14.6 Å². The number of nitrogens with one attached hydrogen (secondary N) is 1. The highest BCUT2D eigenvalue weighted by Crippen LogP contribution is 2.14. The molecule has 3 rings (SSSR count). The first-order valence-electron chi connectivity index (χ1n) is 6.55. The molecule has 19 heavy (non-hydrogen) atoms. The Balaban J connectivity index is 1.70. The summed E-state index contributed by atoms with van der Waals surface area (Å²) in [6.07, 6.45) is 4.03. The molecule has 1 aromatic carbocycles. The van der Waals surface area contributed by atoms with Gasteiger partial charge in [0.2, 0.25) is 0 Å². The summed E-state index contributed by atoms with van der Waals surface area (Å²) in [5.74, 6) is -0.0666. The number of amides is 1. The number of fused-ring (bicyclic) bond motifs is 1. The fraction of sp³-hybridized carbons (Fsp3) is 0.429. The second kappa shape index (κ2) is 5.01. The van der Waals surface area contributed by atoms with Gasteiger partial charge in [0.1, 0.15) is 0 Å². The molecule has 1 aliphatic rings. The number of ether oxygens (including phenoxy) is 1. The molecule has 5 nitrogen and oxygen atoms in total. The SMILES string of the molecule is Cn1cnc2cc(C(=O)NC[C@@H]3CCCO3)ccc21. The van der Waals surface area contributed by atoms with Gasteiger partial charge in [-0.1, -0.05) is 0 Å². The number of aryl methyl sites for hydroxylation is 1. The fourth-order valence-electron chi connectivity index (χ4n) is 2.39. The maximum absolute atomic E-state index is 12.1. The van der Waals surface area contributed by atoms with E-state index in [0.717, 1.165) is 30.5 Å². The van der Waals surface area contributed by atoms with Gasteiger partial charge in [-0.2, -0.15) is 0 Å². The van der Waals surface area contributed by atoms with Gasteiger partial charge in [0.15, 0.2) is 0 Å². The number of nitrogens with zero attached hydrogens (tertiary/aromatic N) is 2. The number of hydrogen-bond acceptors (Lipinski definition) is 3. The third kappa shape index (κ3) is 2.46. The molecular weight excluding hydrogens is 242 g/mol. The van der Waals surface area contributed by atoms with E-state index in [0.29, 0.717) is 12.1 Å². The number of imidazole rings is 1. The van der Waals surface area contributed by atoms with Gasteiger partial charge in [0, 0.05) is 25.8 Å². The molecule has 1 aliphatic heterocycles. The number of carbonyl (C=O) groups is 1. The molecule has 2 heterocycles. The highest BCUT2D eigenvalue weighted by atomic mass is 16.5. The van der Waals surface area contributed by atoms with Crippen molar-refractivity contribution in [1.29, 1.82) is 0 Å². The van der Waals surface area contributed by atoms with Crippen LogP contribution in [0.4, 0.5) is 0 Å². The highest BCUT2D eigenvalue weighted by molar-refractivity contribution is 5.97. The third-order valence-electron chi connectivity index (χ3n) is 3.50. The number of benzene rings is 1. The zero-order valence-electron chi connectivity index (χ0n) is 10.9. The molecular formula is C14H17N3O2. The minimum absolute atomic E-state index is 0.0666. The lowest BCUT2D eigenvalue weighted by atomic mass is 10.1. The van der Waals surface area contributed by atoms with Crippen LogP contribution in [0.2, 0.25) is 0 Å². The Morgan fingerprint density at radius 3 is 3.26 bits per heavy atom. The molecule has 1 saturated heterocycles. The van der Waals surface area contributed by atoms with E-state index in [1.807, 2.05) is 29.8 Å². The molecule has 0 saturated carbocycles. The molecule has 1 N–H and O–H groups in total. The number of rotatable bonds is 3. The Labute approximate surface area is 111 Å². The van der Waals surface area contributed by atoms with Crippen LogP contribution in [0, 0.1) is 0 Å². The molecule has 1 aromatic heterocycles. The lowest BCUT2D eigenvalue weighted by Crippen LogP contribution is -2.31. The predicted octanol–water partition coefficient (Wildman–Crippen LogP) is 1.48. The first-order chi connectivity index (χ1) is 9.24. The van der Waals surface area contributed by atoms with Gasteiger partial charge >= 0.3 is 0 Å². The first-order valence-corrected chi connectivity index (χ1v) is 6.55. The normalized spacial score (nSPS) is 18.9. The van der Waals surface area contributed by atoms with Crippen LogP contribution in [0.15, 0.2) is 24.5 Å². The predicted molar refractivity (Wildman–Crippen MR) is 72.0 cm³/mol. The van der Waals surface area contributed by atoms with E-state index in [2.05, 4.69) is 10.3 Å². The largest absolute Gasteiger partial charge is 0.376 e. The maximum atomic E-state index is 12.1. The lowest BCUT2D eigenvalue weighted by molar-refractivity contribution is 0.0858. The Morgan fingerprint density at radius 1 is 1.58 bits per heavy atom. The van der Waals surface area contributed by atoms with E-state index >= 15 is 0 Å². The number of carbonyl (C=O) groups excluding carboxylic acids is 1. The molecule has 0 spiro atoms. The van der Waals surface area contributed by atoms with Gasteiger partial charge in [-0.15, -0.1) is 0 Å². The van der Waals surface area contributed by atoms with Crippen LogP contribution in [0.3, 0.4) is 0 Å². The van der Waals surface area contributed by atoms with Gasteiger partial charge in [0.25, 0.3) is 5.91 Å². The van der Waals surface area contributed by atoms with Gasteiger partial charge in [-0.3, -0.25) is 4.79 Å². The van der Waals surface area contributed by atoms with E-state index in [9.17, 15) is 4.79 Å². The van der Waals surface area contributed by atoms with Crippen molar-refractivity contribution in [2.24, 2.45) is 7.05 Å². The van der Waals surface area contributed by atoms with Crippen molar-refractivity contribution in [2.45, 2.75) is 18.9 Å². The third-order valence-corrected chi connectivity index (χ3v) is 3.50. The highest BCUT2D eigenvalue weighted by Gasteiger charge is 2.16. The fourth-order valence-corrected chi connectivity index (χ4v) is 2.39. The molecule has 0 radical (unpaired) electrons. The number of hydrogen-bond donors (Lipinski definition) is 1. The Hall–Kier alpha value is -1.88. The Morgan fingerprint density at radius 2 is 2.47 bits per heavy atom. The van der Waals surface area contributed by atoms with Crippen LogP contribution in [0.25, 0.3) is 11.0 Å². The average molecular weight is 259 g/mol. The van der Waals surface area contributed by atoms with E-state index < -0.39 is 0 Å². The summed E-state index contributed by atoms with van der Waals surface area (Å²) in [6.45, 7) is 1.39. The van der Waals surface area contributed by atoms with Crippen molar-refractivity contribution in [1.82, 2.24) is 14.9 Å². The van der Waals surface area contributed by atoms with E-state index in [4.69, 9.17) is 4.74 Å². The van der Waals surface area contributed by atoms with Crippen molar-refractivity contribution in [2.75, 3.05) is 13.2 Å².